The molecule has 0 N–H and O–H groups in total. The van der Waals surface area contributed by atoms with Crippen LogP contribution in [0.2, 0.25) is 0 Å². The van der Waals surface area contributed by atoms with Crippen molar-refractivity contribution in [2.24, 2.45) is 5.92 Å². The molecule has 0 aromatic heterocycles. The third kappa shape index (κ3) is 3.09. The van der Waals surface area contributed by atoms with Gasteiger partial charge in [0.15, 0.2) is 5.78 Å². The molecule has 17 heavy (non-hydrogen) atoms. The lowest BCUT2D eigenvalue weighted by Crippen LogP contribution is -2.19. The minimum Gasteiger partial charge on any atom is -0.381 e. The summed E-state index contributed by atoms with van der Waals surface area (Å²) in [5.74, 6) is -1.44. The number of carbonyl (C=O) groups excluding carboxylic acids is 1. The maximum Gasteiger partial charge on any atom is 0.166 e. The lowest BCUT2D eigenvalue weighted by Gasteiger charge is -2.21. The van der Waals surface area contributed by atoms with Crippen LogP contribution < -0.4 is 0 Å². The lowest BCUT2D eigenvalue weighted by molar-refractivity contribution is 0.0600. The Hall–Kier alpha value is -1.29. The highest BCUT2D eigenvalue weighted by Gasteiger charge is 2.20. The molecule has 0 amide bonds. The summed E-state index contributed by atoms with van der Waals surface area (Å²) in [6.07, 6.45) is 1.97. The summed E-state index contributed by atoms with van der Waals surface area (Å²) in [6.45, 7) is 1.31. The van der Waals surface area contributed by atoms with Gasteiger partial charge < -0.3 is 4.74 Å². The van der Waals surface area contributed by atoms with Gasteiger partial charge in [0.1, 0.15) is 11.6 Å². The first-order chi connectivity index (χ1) is 8.16. The van der Waals surface area contributed by atoms with Crippen LogP contribution in [0.3, 0.4) is 0 Å². The second-order valence-corrected chi connectivity index (χ2v) is 4.31. The molecule has 0 aliphatic carbocycles. The number of carbonyl (C=O) groups is 1. The Balaban J connectivity index is 2.03. The van der Waals surface area contributed by atoms with Crippen LogP contribution in [0.25, 0.3) is 0 Å². The molecule has 1 aliphatic rings. The van der Waals surface area contributed by atoms with Crippen LogP contribution in [0.15, 0.2) is 18.2 Å². The van der Waals surface area contributed by atoms with Crippen LogP contribution >= 0.6 is 0 Å². The molecule has 1 aromatic carbocycles. The van der Waals surface area contributed by atoms with E-state index in [0.29, 0.717) is 19.6 Å². The van der Waals surface area contributed by atoms with Gasteiger partial charge >= 0.3 is 0 Å². The molecule has 1 fully saturated rings. The molecule has 2 rings (SSSR count). The monoisotopic (exact) mass is 240 g/mol. The fourth-order valence-corrected chi connectivity index (χ4v) is 2.04. The molecule has 4 heteroatoms. The van der Waals surface area contributed by atoms with E-state index in [4.69, 9.17) is 4.74 Å². The Labute approximate surface area is 98.6 Å². The average molecular weight is 240 g/mol. The van der Waals surface area contributed by atoms with Gasteiger partial charge in [0, 0.05) is 25.7 Å². The number of hydrogen-bond donors (Lipinski definition) is 0. The molecule has 0 bridgehead atoms. The summed E-state index contributed by atoms with van der Waals surface area (Å²) in [7, 11) is 0. The fraction of sp³-hybridized carbons (Fsp3) is 0.462. The number of ketones is 1. The Morgan fingerprint density at radius 3 is 2.65 bits per heavy atom. The number of ether oxygens (including phenoxy) is 1. The first-order valence-electron chi connectivity index (χ1n) is 5.73. The first-order valence-corrected chi connectivity index (χ1v) is 5.73. The van der Waals surface area contributed by atoms with Crippen molar-refractivity contribution in [3.8, 4) is 0 Å². The minimum absolute atomic E-state index is 0.0158. The van der Waals surface area contributed by atoms with E-state index in [0.717, 1.165) is 25.0 Å². The molecular weight excluding hydrogens is 226 g/mol. The molecule has 0 saturated carbocycles. The Bertz CT molecular complexity index is 412. The molecular formula is C13H14F2O2. The van der Waals surface area contributed by atoms with Gasteiger partial charge in [0.05, 0.1) is 5.56 Å². The van der Waals surface area contributed by atoms with Crippen molar-refractivity contribution >= 4 is 5.78 Å². The molecule has 2 nitrogen and oxygen atoms in total. The van der Waals surface area contributed by atoms with Crippen LogP contribution in [-0.2, 0) is 4.74 Å². The van der Waals surface area contributed by atoms with Crippen molar-refractivity contribution in [2.45, 2.75) is 19.3 Å². The molecule has 0 atom stereocenters. The third-order valence-corrected chi connectivity index (χ3v) is 3.05. The predicted octanol–water partition coefficient (Wildman–Crippen LogP) is 2.96. The summed E-state index contributed by atoms with van der Waals surface area (Å²) >= 11 is 0. The molecule has 92 valence electrons. The minimum atomic E-state index is -0.776. The highest BCUT2D eigenvalue weighted by molar-refractivity contribution is 5.96. The number of benzene rings is 1. The van der Waals surface area contributed by atoms with Crippen LogP contribution in [0, 0.1) is 17.6 Å². The van der Waals surface area contributed by atoms with Crippen molar-refractivity contribution in [1.82, 2.24) is 0 Å². The predicted molar refractivity (Wildman–Crippen MR) is 58.8 cm³/mol. The molecule has 1 saturated heterocycles. The zero-order chi connectivity index (χ0) is 12.3. The topological polar surface area (TPSA) is 26.3 Å². The normalized spacial score (nSPS) is 17.1. The first kappa shape index (κ1) is 12.2. The highest BCUT2D eigenvalue weighted by Crippen LogP contribution is 2.22. The van der Waals surface area contributed by atoms with E-state index < -0.39 is 11.6 Å². The Kier molecular flexibility index (Phi) is 3.84. The van der Waals surface area contributed by atoms with Crippen molar-refractivity contribution in [1.29, 1.82) is 0 Å². The van der Waals surface area contributed by atoms with Crippen molar-refractivity contribution in [2.75, 3.05) is 13.2 Å². The van der Waals surface area contributed by atoms with Gasteiger partial charge in [-0.05, 0) is 30.9 Å². The summed E-state index contributed by atoms with van der Waals surface area (Å²) in [5, 5.41) is 0. The van der Waals surface area contributed by atoms with Gasteiger partial charge in [-0.2, -0.15) is 0 Å². The van der Waals surface area contributed by atoms with E-state index in [1.807, 2.05) is 0 Å². The van der Waals surface area contributed by atoms with Crippen molar-refractivity contribution in [3.63, 3.8) is 0 Å². The smallest absolute Gasteiger partial charge is 0.166 e. The number of halogens is 2. The van der Waals surface area contributed by atoms with E-state index in [1.165, 1.54) is 6.07 Å². The maximum atomic E-state index is 13.4. The van der Waals surface area contributed by atoms with Gasteiger partial charge in [-0.25, -0.2) is 8.78 Å². The summed E-state index contributed by atoms with van der Waals surface area (Å²) < 4.78 is 31.3. The van der Waals surface area contributed by atoms with Crippen LogP contribution in [-0.4, -0.2) is 19.0 Å². The molecule has 1 heterocycles. The van der Waals surface area contributed by atoms with Gasteiger partial charge in [0.2, 0.25) is 0 Å². The van der Waals surface area contributed by atoms with E-state index >= 15 is 0 Å². The summed E-state index contributed by atoms with van der Waals surface area (Å²) in [6, 6.07) is 3.07. The van der Waals surface area contributed by atoms with Gasteiger partial charge in [0.25, 0.3) is 0 Å². The molecule has 0 radical (unpaired) electrons. The number of Topliss-reactive ketones (excluding diaryl/α,β-unsaturated/α-hetero) is 1. The molecule has 0 unspecified atom stereocenters. The second-order valence-electron chi connectivity index (χ2n) is 4.31. The summed E-state index contributed by atoms with van der Waals surface area (Å²) in [4.78, 5) is 11.8. The molecule has 1 aliphatic heterocycles. The maximum absolute atomic E-state index is 13.4. The third-order valence-electron chi connectivity index (χ3n) is 3.05. The SMILES string of the molecule is O=C(CC1CCOCC1)c1ccc(F)cc1F. The lowest BCUT2D eigenvalue weighted by atomic mass is 9.92. The summed E-state index contributed by atoms with van der Waals surface area (Å²) in [5.41, 5.74) is -0.0158. The second kappa shape index (κ2) is 5.36. The number of rotatable bonds is 3. The van der Waals surface area contributed by atoms with Crippen LogP contribution in [0.4, 0.5) is 8.78 Å². The standard InChI is InChI=1S/C13H14F2O2/c14-10-1-2-11(12(15)8-10)13(16)7-9-3-5-17-6-4-9/h1-2,8-9H,3-7H2. The largest absolute Gasteiger partial charge is 0.381 e. The Morgan fingerprint density at radius 2 is 2.00 bits per heavy atom. The van der Waals surface area contributed by atoms with E-state index in [9.17, 15) is 13.6 Å². The Morgan fingerprint density at radius 1 is 1.29 bits per heavy atom. The van der Waals surface area contributed by atoms with E-state index in [2.05, 4.69) is 0 Å². The zero-order valence-electron chi connectivity index (χ0n) is 9.42. The fourth-order valence-electron chi connectivity index (χ4n) is 2.04. The quantitative estimate of drug-likeness (QED) is 0.759. The van der Waals surface area contributed by atoms with Crippen molar-refractivity contribution < 1.29 is 18.3 Å². The van der Waals surface area contributed by atoms with Crippen molar-refractivity contribution in [3.05, 3.63) is 35.4 Å². The van der Waals surface area contributed by atoms with Crippen LogP contribution in [0.1, 0.15) is 29.6 Å². The molecule has 0 spiro atoms. The highest BCUT2D eigenvalue weighted by atomic mass is 19.1. The zero-order valence-corrected chi connectivity index (χ0v) is 9.42. The van der Waals surface area contributed by atoms with Crippen LogP contribution in [0.5, 0.6) is 0 Å². The molecule has 1 aromatic rings. The van der Waals surface area contributed by atoms with E-state index in [-0.39, 0.29) is 17.3 Å². The average Bonchev–Trinajstić information content (AvgIpc) is 2.30. The van der Waals surface area contributed by atoms with Gasteiger partial charge in [-0.1, -0.05) is 0 Å². The van der Waals surface area contributed by atoms with Gasteiger partial charge in [-0.15, -0.1) is 0 Å². The number of hydrogen-bond acceptors (Lipinski definition) is 2. The van der Waals surface area contributed by atoms with E-state index in [1.54, 1.807) is 0 Å². The van der Waals surface area contributed by atoms with Gasteiger partial charge in [-0.3, -0.25) is 4.79 Å².